The number of nitrogens with zero attached hydrogens (tertiary/aromatic N) is 1. The first kappa shape index (κ1) is 18.0. The second-order valence-corrected chi connectivity index (χ2v) is 5.85. The second kappa shape index (κ2) is 7.95. The van der Waals surface area contributed by atoms with Crippen LogP contribution in [0.1, 0.15) is 25.7 Å². The van der Waals surface area contributed by atoms with E-state index < -0.39 is 30.1 Å². The van der Waals surface area contributed by atoms with Crippen LogP contribution in [-0.2, 0) is 19.1 Å². The largest absolute Gasteiger partial charge is 0.467 e. The van der Waals surface area contributed by atoms with Crippen molar-refractivity contribution >= 4 is 23.9 Å². The lowest BCUT2D eigenvalue weighted by Gasteiger charge is -2.32. The highest BCUT2D eigenvalue weighted by Gasteiger charge is 2.34. The van der Waals surface area contributed by atoms with Gasteiger partial charge in [0.1, 0.15) is 12.1 Å². The van der Waals surface area contributed by atoms with E-state index in [-0.39, 0.29) is 18.2 Å². The molecule has 0 unspecified atom stereocenters. The maximum Gasteiger partial charge on any atom is 0.421 e. The Morgan fingerprint density at radius 1 is 1.42 bits per heavy atom. The average Bonchev–Trinajstić information content (AvgIpc) is 2.98. The third kappa shape index (κ3) is 4.34. The van der Waals surface area contributed by atoms with E-state index in [9.17, 15) is 19.2 Å². The molecule has 2 fully saturated rings. The van der Waals surface area contributed by atoms with Crippen molar-refractivity contribution in [2.75, 3.05) is 20.2 Å². The van der Waals surface area contributed by atoms with E-state index in [2.05, 4.69) is 16.1 Å². The molecule has 0 aromatic carbocycles. The van der Waals surface area contributed by atoms with Gasteiger partial charge < -0.3 is 20.5 Å². The molecule has 0 aliphatic carbocycles. The van der Waals surface area contributed by atoms with E-state index >= 15 is 0 Å². The number of esters is 1. The second-order valence-electron chi connectivity index (χ2n) is 5.85. The van der Waals surface area contributed by atoms with Gasteiger partial charge in [0.2, 0.25) is 11.8 Å². The van der Waals surface area contributed by atoms with E-state index in [1.54, 1.807) is 0 Å². The summed E-state index contributed by atoms with van der Waals surface area (Å²) in [7, 11) is 1.21. The van der Waals surface area contributed by atoms with Gasteiger partial charge in [0.15, 0.2) is 0 Å². The molecule has 10 nitrogen and oxygen atoms in total. The van der Waals surface area contributed by atoms with Gasteiger partial charge in [-0.1, -0.05) is 0 Å². The molecule has 3 atom stereocenters. The molecule has 0 saturated carbocycles. The van der Waals surface area contributed by atoms with E-state index in [0.29, 0.717) is 32.4 Å². The number of ether oxygens (including phenoxy) is 1. The van der Waals surface area contributed by atoms with Gasteiger partial charge in [-0.05, 0) is 25.7 Å². The van der Waals surface area contributed by atoms with Crippen molar-refractivity contribution in [2.24, 2.45) is 5.92 Å². The highest BCUT2D eigenvalue weighted by molar-refractivity contribution is 5.88. The molecule has 0 radical (unpaired) electrons. The summed E-state index contributed by atoms with van der Waals surface area (Å²) in [6.45, 7) is 0.838. The normalized spacial score (nSPS) is 24.9. The Kier molecular flexibility index (Phi) is 5.96. The fraction of sp³-hybridized carbons (Fsp3) is 0.714. The van der Waals surface area contributed by atoms with E-state index in [1.165, 1.54) is 7.11 Å². The number of hydrazine groups is 1. The summed E-state index contributed by atoms with van der Waals surface area (Å²) in [5.74, 6) is -1.63. The molecule has 0 spiro atoms. The van der Waals surface area contributed by atoms with Gasteiger partial charge in [0.25, 0.3) is 0 Å². The van der Waals surface area contributed by atoms with Gasteiger partial charge in [0, 0.05) is 19.0 Å². The first-order valence-electron chi connectivity index (χ1n) is 7.85. The molecule has 0 aromatic rings. The number of methoxy groups -OCH3 is 1. The van der Waals surface area contributed by atoms with E-state index in [0.717, 1.165) is 5.01 Å². The highest BCUT2D eigenvalue weighted by Crippen LogP contribution is 2.17. The Balaban J connectivity index is 1.97. The number of carbonyl (C=O) groups is 4. The average molecular weight is 342 g/mol. The van der Waals surface area contributed by atoms with E-state index in [1.807, 2.05) is 0 Å². The van der Waals surface area contributed by atoms with Crippen molar-refractivity contribution in [1.29, 1.82) is 0 Å². The molecule has 0 aromatic heterocycles. The molecular weight excluding hydrogens is 320 g/mol. The van der Waals surface area contributed by atoms with Gasteiger partial charge in [-0.15, -0.1) is 0 Å². The van der Waals surface area contributed by atoms with Gasteiger partial charge >= 0.3 is 12.1 Å². The van der Waals surface area contributed by atoms with Gasteiger partial charge in [-0.3, -0.25) is 9.59 Å². The van der Waals surface area contributed by atoms with Crippen molar-refractivity contribution < 1.29 is 29.0 Å². The molecule has 2 aliphatic heterocycles. The third-order valence-electron chi connectivity index (χ3n) is 4.22. The fourth-order valence-corrected chi connectivity index (χ4v) is 2.89. The topological polar surface area (TPSA) is 137 Å². The van der Waals surface area contributed by atoms with Crippen LogP contribution in [0.5, 0.6) is 0 Å². The van der Waals surface area contributed by atoms with E-state index in [4.69, 9.17) is 9.84 Å². The van der Waals surface area contributed by atoms with Crippen LogP contribution >= 0.6 is 0 Å². The zero-order valence-corrected chi connectivity index (χ0v) is 13.4. The number of hydrogen-bond donors (Lipinski definition) is 4. The van der Waals surface area contributed by atoms with Crippen LogP contribution in [0.2, 0.25) is 0 Å². The van der Waals surface area contributed by atoms with Crippen molar-refractivity contribution in [1.82, 2.24) is 21.1 Å². The summed E-state index contributed by atoms with van der Waals surface area (Å²) in [6, 6.07) is -1.70. The molecule has 24 heavy (non-hydrogen) atoms. The fourth-order valence-electron chi connectivity index (χ4n) is 2.89. The summed E-state index contributed by atoms with van der Waals surface area (Å²) >= 11 is 0. The SMILES string of the molecule is COC(=O)[C@H](C[C@@H]1CCNC1=O)NC(=O)[C@@H]1CCCN(C(=O)O)N1. The summed E-state index contributed by atoms with van der Waals surface area (Å²) < 4.78 is 4.70. The molecule has 3 amide bonds. The summed E-state index contributed by atoms with van der Waals surface area (Å²) in [5, 5.41) is 15.2. The Morgan fingerprint density at radius 2 is 2.17 bits per heavy atom. The van der Waals surface area contributed by atoms with Crippen LogP contribution < -0.4 is 16.1 Å². The van der Waals surface area contributed by atoms with Crippen LogP contribution in [0.15, 0.2) is 0 Å². The zero-order chi connectivity index (χ0) is 17.7. The summed E-state index contributed by atoms with van der Waals surface area (Å²) in [5.41, 5.74) is 2.61. The minimum atomic E-state index is -1.17. The number of hydrogen-bond acceptors (Lipinski definition) is 6. The third-order valence-corrected chi connectivity index (χ3v) is 4.22. The summed E-state index contributed by atoms with van der Waals surface area (Å²) in [6.07, 6.45) is 0.564. The molecule has 2 heterocycles. The first-order valence-corrected chi connectivity index (χ1v) is 7.85. The minimum Gasteiger partial charge on any atom is -0.467 e. The number of carboxylic acid groups (broad SMARTS) is 1. The number of carbonyl (C=O) groups excluding carboxylic acids is 3. The van der Waals surface area contributed by atoms with Crippen molar-refractivity contribution in [2.45, 2.75) is 37.8 Å². The van der Waals surface area contributed by atoms with Crippen LogP contribution in [0.3, 0.4) is 0 Å². The Hall–Kier alpha value is -2.36. The zero-order valence-electron chi connectivity index (χ0n) is 13.4. The maximum atomic E-state index is 12.4. The molecular formula is C14H22N4O6. The number of amides is 3. The molecule has 4 N–H and O–H groups in total. The summed E-state index contributed by atoms with van der Waals surface area (Å²) in [4.78, 5) is 46.9. The Morgan fingerprint density at radius 3 is 2.75 bits per heavy atom. The smallest absolute Gasteiger partial charge is 0.421 e. The van der Waals surface area contributed by atoms with Crippen molar-refractivity contribution in [3.8, 4) is 0 Å². The minimum absolute atomic E-state index is 0.147. The van der Waals surface area contributed by atoms with Crippen LogP contribution in [0.25, 0.3) is 0 Å². The van der Waals surface area contributed by atoms with Crippen LogP contribution in [-0.4, -0.2) is 66.3 Å². The predicted octanol–water partition coefficient (Wildman–Crippen LogP) is -1.18. The quantitative estimate of drug-likeness (QED) is 0.461. The lowest BCUT2D eigenvalue weighted by Crippen LogP contribution is -2.59. The molecule has 10 heteroatoms. The lowest BCUT2D eigenvalue weighted by atomic mass is 9.98. The molecule has 2 aliphatic rings. The standard InChI is InChI=1S/C14H22N4O6/c1-24-13(21)10(7-8-4-5-15-11(8)19)16-12(20)9-3-2-6-18(17-9)14(22)23/h8-10,17H,2-7H2,1H3,(H,15,19)(H,16,20)(H,22,23)/t8-,9-,10-/m0/s1. The number of rotatable bonds is 5. The van der Waals surface area contributed by atoms with Crippen LogP contribution in [0, 0.1) is 5.92 Å². The molecule has 2 saturated heterocycles. The van der Waals surface area contributed by atoms with Gasteiger partial charge in [0.05, 0.1) is 7.11 Å². The first-order chi connectivity index (χ1) is 11.4. The maximum absolute atomic E-state index is 12.4. The molecule has 2 rings (SSSR count). The van der Waals surface area contributed by atoms with Crippen molar-refractivity contribution in [3.05, 3.63) is 0 Å². The Bertz CT molecular complexity index is 525. The monoisotopic (exact) mass is 342 g/mol. The Labute approximate surface area is 138 Å². The van der Waals surface area contributed by atoms with Crippen molar-refractivity contribution in [3.63, 3.8) is 0 Å². The van der Waals surface area contributed by atoms with Gasteiger partial charge in [-0.2, -0.15) is 0 Å². The van der Waals surface area contributed by atoms with Crippen LogP contribution in [0.4, 0.5) is 4.79 Å². The molecule has 134 valence electrons. The highest BCUT2D eigenvalue weighted by atomic mass is 16.5. The predicted molar refractivity (Wildman–Crippen MR) is 80.6 cm³/mol. The number of nitrogens with one attached hydrogen (secondary N) is 3. The molecule has 0 bridgehead atoms. The lowest BCUT2D eigenvalue weighted by molar-refractivity contribution is -0.146. The van der Waals surface area contributed by atoms with Gasteiger partial charge in [-0.25, -0.2) is 20.0 Å².